The number of carbonyl (C=O) groups excluding carboxylic acids is 1. The lowest BCUT2D eigenvalue weighted by molar-refractivity contribution is -0.0805. The molecule has 0 saturated carbocycles. The number of methoxy groups -OCH3 is 1. The summed E-state index contributed by atoms with van der Waals surface area (Å²) in [5.41, 5.74) is -0.950. The van der Waals surface area contributed by atoms with Gasteiger partial charge in [0, 0.05) is 17.0 Å². The van der Waals surface area contributed by atoms with E-state index in [4.69, 9.17) is 28.1 Å². The van der Waals surface area contributed by atoms with Crippen LogP contribution < -0.4 is 23.7 Å². The third kappa shape index (κ3) is 1.75. The van der Waals surface area contributed by atoms with Crippen molar-refractivity contribution in [3.63, 3.8) is 0 Å². The molecule has 2 atom stereocenters. The Labute approximate surface area is 158 Å². The zero-order chi connectivity index (χ0) is 19.0. The van der Waals surface area contributed by atoms with Crippen LogP contribution in [0.25, 0.3) is 11.0 Å². The molecule has 0 unspecified atom stereocenters. The van der Waals surface area contributed by atoms with Gasteiger partial charge in [-0.05, 0) is 18.2 Å². The highest BCUT2D eigenvalue weighted by atomic mass is 16.7. The predicted octanol–water partition coefficient (Wildman–Crippen LogP) is 2.39. The molecular weight excluding hydrogens is 368 g/mol. The van der Waals surface area contributed by atoms with Gasteiger partial charge in [0.25, 0.3) is 0 Å². The van der Waals surface area contributed by atoms with Crippen molar-refractivity contribution < 1.29 is 38.0 Å². The SMILES string of the molecule is COc1c2c(cc3ccoc13)C(=O)[C@@]1(O)c3cc4c(cc3OC[C@H]1O2)OCO4. The second-order valence-corrected chi connectivity index (χ2v) is 6.84. The van der Waals surface area contributed by atoms with E-state index in [2.05, 4.69) is 0 Å². The van der Waals surface area contributed by atoms with E-state index in [1.165, 1.54) is 13.4 Å². The highest BCUT2D eigenvalue weighted by molar-refractivity contribution is 6.10. The molecule has 0 saturated heterocycles. The Hall–Kier alpha value is -3.39. The van der Waals surface area contributed by atoms with Crippen molar-refractivity contribution >= 4 is 16.8 Å². The van der Waals surface area contributed by atoms with Gasteiger partial charge in [-0.3, -0.25) is 4.79 Å². The summed E-state index contributed by atoms with van der Waals surface area (Å²) in [5, 5.41) is 12.2. The maximum Gasteiger partial charge on any atom is 0.231 e. The summed E-state index contributed by atoms with van der Waals surface area (Å²) in [6.07, 6.45) is 0.547. The lowest BCUT2D eigenvalue weighted by atomic mass is 9.77. The van der Waals surface area contributed by atoms with Gasteiger partial charge in [0.2, 0.25) is 18.3 Å². The second-order valence-electron chi connectivity index (χ2n) is 6.84. The minimum Gasteiger partial charge on any atom is -0.490 e. The maximum absolute atomic E-state index is 13.5. The Morgan fingerprint density at radius 3 is 2.79 bits per heavy atom. The van der Waals surface area contributed by atoms with E-state index < -0.39 is 17.5 Å². The second kappa shape index (κ2) is 5.11. The minimum atomic E-state index is -1.93. The van der Waals surface area contributed by atoms with Crippen LogP contribution in [0.15, 0.2) is 34.9 Å². The van der Waals surface area contributed by atoms with Gasteiger partial charge in [-0.2, -0.15) is 0 Å². The number of rotatable bonds is 1. The summed E-state index contributed by atoms with van der Waals surface area (Å²) in [4.78, 5) is 13.5. The number of aliphatic hydroxyl groups is 1. The number of ketones is 1. The van der Waals surface area contributed by atoms with Crippen LogP contribution in [0.3, 0.4) is 0 Å². The summed E-state index contributed by atoms with van der Waals surface area (Å²) in [7, 11) is 1.47. The van der Waals surface area contributed by atoms with Gasteiger partial charge in [0.15, 0.2) is 34.5 Å². The van der Waals surface area contributed by atoms with Crippen molar-refractivity contribution in [3.8, 4) is 28.7 Å². The van der Waals surface area contributed by atoms with Crippen LogP contribution in [0.4, 0.5) is 0 Å². The molecule has 28 heavy (non-hydrogen) atoms. The van der Waals surface area contributed by atoms with Gasteiger partial charge in [0.05, 0.1) is 18.9 Å². The van der Waals surface area contributed by atoms with Gasteiger partial charge < -0.3 is 33.2 Å². The monoisotopic (exact) mass is 382 g/mol. The van der Waals surface area contributed by atoms with E-state index in [1.54, 1.807) is 24.3 Å². The molecule has 3 aromatic rings. The molecule has 0 aliphatic carbocycles. The molecule has 3 aliphatic heterocycles. The fourth-order valence-electron chi connectivity index (χ4n) is 4.07. The van der Waals surface area contributed by atoms with Gasteiger partial charge in [-0.25, -0.2) is 0 Å². The van der Waals surface area contributed by atoms with Crippen LogP contribution in [0.2, 0.25) is 0 Å². The topological polar surface area (TPSA) is 96.6 Å². The lowest BCUT2D eigenvalue weighted by Gasteiger charge is -2.43. The standard InChI is InChI=1S/C20H14O8/c1-23-18-16-9(2-3-24-16)4-10-17(18)28-15-7-25-12-6-14-13(26-8-27-14)5-11(12)20(15,22)19(10)21/h2-6,15,22H,7-8H2,1H3/t15-,20-/m1/s1. The summed E-state index contributed by atoms with van der Waals surface area (Å²) in [6.45, 7) is 0.0523. The third-order valence-corrected chi connectivity index (χ3v) is 5.45. The van der Waals surface area contributed by atoms with Crippen LogP contribution >= 0.6 is 0 Å². The van der Waals surface area contributed by atoms with Crippen molar-refractivity contribution in [2.45, 2.75) is 11.7 Å². The summed E-state index contributed by atoms with van der Waals surface area (Å²) < 4.78 is 33.5. The fourth-order valence-corrected chi connectivity index (χ4v) is 4.07. The van der Waals surface area contributed by atoms with E-state index in [0.29, 0.717) is 34.0 Å². The van der Waals surface area contributed by atoms with Gasteiger partial charge in [-0.1, -0.05) is 0 Å². The molecule has 0 spiro atoms. The van der Waals surface area contributed by atoms with E-state index >= 15 is 0 Å². The number of Topliss-reactive ketones (excluding diaryl/α,β-unsaturated/α-hetero) is 1. The zero-order valence-electron chi connectivity index (χ0n) is 14.7. The fraction of sp³-hybridized carbons (Fsp3) is 0.250. The Bertz CT molecular complexity index is 1160. The van der Waals surface area contributed by atoms with E-state index in [9.17, 15) is 9.90 Å². The highest BCUT2D eigenvalue weighted by Gasteiger charge is 2.57. The van der Waals surface area contributed by atoms with E-state index in [-0.39, 0.29) is 30.3 Å². The average Bonchev–Trinajstić information content (AvgIpc) is 3.35. The van der Waals surface area contributed by atoms with Crippen molar-refractivity contribution in [2.24, 2.45) is 0 Å². The number of ether oxygens (including phenoxy) is 5. The van der Waals surface area contributed by atoms with Crippen LogP contribution in [0, 0.1) is 0 Å². The molecule has 4 heterocycles. The Balaban J connectivity index is 1.59. The summed E-state index contributed by atoms with van der Waals surface area (Å²) in [6, 6.07) is 6.55. The predicted molar refractivity (Wildman–Crippen MR) is 93.5 cm³/mol. The number of fused-ring (bicyclic) bond motifs is 6. The molecule has 1 N–H and O–H groups in total. The first kappa shape index (κ1) is 15.6. The van der Waals surface area contributed by atoms with Gasteiger partial charge >= 0.3 is 0 Å². The Morgan fingerprint density at radius 2 is 1.96 bits per heavy atom. The van der Waals surface area contributed by atoms with Crippen molar-refractivity contribution in [3.05, 3.63) is 41.7 Å². The van der Waals surface area contributed by atoms with Crippen LogP contribution in [-0.2, 0) is 5.60 Å². The zero-order valence-corrected chi connectivity index (χ0v) is 14.7. The molecule has 142 valence electrons. The molecule has 0 radical (unpaired) electrons. The highest BCUT2D eigenvalue weighted by Crippen LogP contribution is 2.52. The van der Waals surface area contributed by atoms with Gasteiger partial charge in [-0.15, -0.1) is 0 Å². The molecule has 8 heteroatoms. The van der Waals surface area contributed by atoms with Crippen molar-refractivity contribution in [1.29, 1.82) is 0 Å². The van der Waals surface area contributed by atoms with Crippen LogP contribution in [-0.4, -0.2) is 37.5 Å². The number of hydrogen-bond donors (Lipinski definition) is 1. The first-order valence-corrected chi connectivity index (χ1v) is 8.70. The number of furan rings is 1. The molecule has 0 amide bonds. The Kier molecular flexibility index (Phi) is 2.85. The first-order chi connectivity index (χ1) is 13.6. The van der Waals surface area contributed by atoms with Gasteiger partial charge in [0.1, 0.15) is 12.4 Å². The molecule has 6 rings (SSSR count). The minimum absolute atomic E-state index is 0.0202. The molecular formula is C20H14O8. The molecule has 1 aromatic heterocycles. The van der Waals surface area contributed by atoms with E-state index in [0.717, 1.165) is 0 Å². The number of hydrogen-bond acceptors (Lipinski definition) is 8. The Morgan fingerprint density at radius 1 is 1.14 bits per heavy atom. The van der Waals surface area contributed by atoms with Crippen LogP contribution in [0.1, 0.15) is 15.9 Å². The normalized spacial score (nSPS) is 24.1. The lowest BCUT2D eigenvalue weighted by Crippen LogP contribution is -2.57. The molecule has 3 aliphatic rings. The molecule has 2 aromatic carbocycles. The largest absolute Gasteiger partial charge is 0.490 e. The average molecular weight is 382 g/mol. The molecule has 0 bridgehead atoms. The van der Waals surface area contributed by atoms with Crippen LogP contribution in [0.5, 0.6) is 28.7 Å². The smallest absolute Gasteiger partial charge is 0.231 e. The third-order valence-electron chi connectivity index (χ3n) is 5.45. The van der Waals surface area contributed by atoms with Crippen molar-refractivity contribution in [2.75, 3.05) is 20.5 Å². The quantitative estimate of drug-likeness (QED) is 0.685. The number of carbonyl (C=O) groups is 1. The molecule has 8 nitrogen and oxygen atoms in total. The maximum atomic E-state index is 13.5. The van der Waals surface area contributed by atoms with E-state index in [1.807, 2.05) is 0 Å². The summed E-state index contributed by atoms with van der Waals surface area (Å²) in [5.74, 6) is 1.36. The number of benzene rings is 2. The first-order valence-electron chi connectivity index (χ1n) is 8.70. The molecule has 0 fully saturated rings. The van der Waals surface area contributed by atoms with Crippen molar-refractivity contribution in [1.82, 2.24) is 0 Å². The summed E-state index contributed by atoms with van der Waals surface area (Å²) >= 11 is 0.